The Kier molecular flexibility index (Phi) is 5.65. The minimum Gasteiger partial charge on any atom is -0.481 e. The van der Waals surface area contributed by atoms with Gasteiger partial charge in [0, 0.05) is 25.5 Å². The third kappa shape index (κ3) is 4.68. The SMILES string of the molecule is CN(CC(=O)N1CCCC(C(=O)O)C1)C(=O)c1csc(C(F)(F)F)n1. The molecule has 0 radical (unpaired) electrons. The third-order valence-corrected chi connectivity index (χ3v) is 4.70. The van der Waals surface area contributed by atoms with Crippen molar-refractivity contribution in [1.82, 2.24) is 14.8 Å². The van der Waals surface area contributed by atoms with Crippen LogP contribution < -0.4 is 0 Å². The minimum atomic E-state index is -4.63. The third-order valence-electron chi connectivity index (χ3n) is 3.81. The Morgan fingerprint density at radius 1 is 1.44 bits per heavy atom. The van der Waals surface area contributed by atoms with Crippen LogP contribution in [0, 0.1) is 5.92 Å². The summed E-state index contributed by atoms with van der Waals surface area (Å²) in [7, 11) is 1.28. The Labute approximate surface area is 145 Å². The number of carboxylic acids is 1. The van der Waals surface area contributed by atoms with Crippen molar-refractivity contribution in [3.05, 3.63) is 16.1 Å². The molecule has 1 fully saturated rings. The topological polar surface area (TPSA) is 90.8 Å². The fourth-order valence-corrected chi connectivity index (χ4v) is 3.14. The maximum absolute atomic E-state index is 12.5. The van der Waals surface area contributed by atoms with Crippen molar-refractivity contribution in [2.24, 2.45) is 5.92 Å². The van der Waals surface area contributed by atoms with E-state index >= 15 is 0 Å². The highest BCUT2D eigenvalue weighted by atomic mass is 32.1. The molecule has 0 aromatic carbocycles. The van der Waals surface area contributed by atoms with Crippen LogP contribution in [0.15, 0.2) is 5.38 Å². The van der Waals surface area contributed by atoms with E-state index in [9.17, 15) is 27.6 Å². The number of hydrogen-bond donors (Lipinski definition) is 1. The molecule has 1 N–H and O–H groups in total. The highest BCUT2D eigenvalue weighted by Crippen LogP contribution is 2.31. The van der Waals surface area contributed by atoms with Crippen molar-refractivity contribution in [3.8, 4) is 0 Å². The van der Waals surface area contributed by atoms with E-state index in [2.05, 4.69) is 4.98 Å². The van der Waals surface area contributed by atoms with E-state index in [0.717, 1.165) is 10.3 Å². The lowest BCUT2D eigenvalue weighted by Gasteiger charge is -2.31. The van der Waals surface area contributed by atoms with E-state index in [1.54, 1.807) is 0 Å². The van der Waals surface area contributed by atoms with Crippen LogP contribution in [0.4, 0.5) is 13.2 Å². The molecule has 1 unspecified atom stereocenters. The summed E-state index contributed by atoms with van der Waals surface area (Å²) in [5.41, 5.74) is -0.380. The first-order chi connectivity index (χ1) is 11.6. The monoisotopic (exact) mass is 379 g/mol. The number of carbonyl (C=O) groups excluding carboxylic acids is 2. The van der Waals surface area contributed by atoms with Crippen molar-refractivity contribution >= 4 is 29.1 Å². The second-order valence-corrected chi connectivity index (χ2v) is 6.57. The molecule has 25 heavy (non-hydrogen) atoms. The zero-order valence-corrected chi connectivity index (χ0v) is 14.1. The Morgan fingerprint density at radius 3 is 2.68 bits per heavy atom. The maximum atomic E-state index is 12.5. The predicted octanol–water partition coefficient (Wildman–Crippen LogP) is 1.56. The summed E-state index contributed by atoms with van der Waals surface area (Å²) < 4.78 is 37.6. The fourth-order valence-electron chi connectivity index (χ4n) is 2.48. The lowest BCUT2D eigenvalue weighted by Crippen LogP contribution is -2.47. The molecule has 1 aliphatic heterocycles. The van der Waals surface area contributed by atoms with Gasteiger partial charge in [0.25, 0.3) is 5.91 Å². The summed E-state index contributed by atoms with van der Waals surface area (Å²) in [4.78, 5) is 40.9. The number of carboxylic acid groups (broad SMARTS) is 1. The number of piperidine rings is 1. The Morgan fingerprint density at radius 2 is 2.12 bits per heavy atom. The van der Waals surface area contributed by atoms with E-state index in [-0.39, 0.29) is 18.8 Å². The summed E-state index contributed by atoms with van der Waals surface area (Å²) in [6, 6.07) is 0. The van der Waals surface area contributed by atoms with Crippen molar-refractivity contribution in [2.45, 2.75) is 19.0 Å². The van der Waals surface area contributed by atoms with E-state index < -0.39 is 34.9 Å². The standard InChI is InChI=1S/C14H16F3N3O4S/c1-19(11(22)9-7-25-13(18-9)14(15,16)17)6-10(21)20-4-2-3-8(5-20)12(23)24/h7-8H,2-6H2,1H3,(H,23,24). The molecule has 1 aromatic rings. The van der Waals surface area contributed by atoms with E-state index in [4.69, 9.17) is 5.11 Å². The van der Waals surface area contributed by atoms with Crippen LogP contribution in [0.1, 0.15) is 28.3 Å². The molecule has 1 aromatic heterocycles. The van der Waals surface area contributed by atoms with Crippen LogP contribution in [-0.2, 0) is 15.8 Å². The van der Waals surface area contributed by atoms with E-state index in [0.29, 0.717) is 30.7 Å². The van der Waals surface area contributed by atoms with Gasteiger partial charge in [-0.25, -0.2) is 4.98 Å². The number of nitrogens with zero attached hydrogens (tertiary/aromatic N) is 3. The highest BCUT2D eigenvalue weighted by molar-refractivity contribution is 7.09. The molecule has 0 spiro atoms. The summed E-state index contributed by atoms with van der Waals surface area (Å²) in [6.07, 6.45) is -3.61. The first-order valence-corrected chi connectivity index (χ1v) is 8.26. The first-order valence-electron chi connectivity index (χ1n) is 7.38. The number of aromatic nitrogens is 1. The van der Waals surface area contributed by atoms with Gasteiger partial charge in [0.2, 0.25) is 5.91 Å². The number of rotatable bonds is 4. The van der Waals surface area contributed by atoms with Crippen LogP contribution in [0.5, 0.6) is 0 Å². The zero-order chi connectivity index (χ0) is 18.8. The molecular weight excluding hydrogens is 363 g/mol. The van der Waals surface area contributed by atoms with Crippen LogP contribution in [0.2, 0.25) is 0 Å². The van der Waals surface area contributed by atoms with Gasteiger partial charge in [0.1, 0.15) is 5.69 Å². The minimum absolute atomic E-state index is 0.0606. The Bertz CT molecular complexity index is 677. The quantitative estimate of drug-likeness (QED) is 0.857. The number of amides is 2. The Hall–Kier alpha value is -2.17. The second kappa shape index (κ2) is 7.38. The largest absolute Gasteiger partial charge is 0.481 e. The van der Waals surface area contributed by atoms with Crippen LogP contribution >= 0.6 is 11.3 Å². The van der Waals surface area contributed by atoms with Gasteiger partial charge in [-0.3, -0.25) is 14.4 Å². The van der Waals surface area contributed by atoms with Crippen molar-refractivity contribution < 1.29 is 32.7 Å². The lowest BCUT2D eigenvalue weighted by molar-refractivity contribution is -0.146. The van der Waals surface area contributed by atoms with Gasteiger partial charge in [-0.2, -0.15) is 13.2 Å². The van der Waals surface area contributed by atoms with Crippen LogP contribution in [-0.4, -0.2) is 64.4 Å². The molecule has 2 rings (SSSR count). The van der Waals surface area contributed by atoms with Crippen LogP contribution in [0.3, 0.4) is 0 Å². The summed E-state index contributed by atoms with van der Waals surface area (Å²) in [5.74, 6) is -2.88. The summed E-state index contributed by atoms with van der Waals surface area (Å²) in [5, 5.41) is 8.89. The number of likely N-dealkylation sites (N-methyl/N-ethyl adjacent to an activating group) is 1. The normalized spacial score (nSPS) is 18.1. The number of alkyl halides is 3. The molecule has 0 saturated carbocycles. The molecule has 0 aliphatic carbocycles. The Balaban J connectivity index is 1.97. The number of carbonyl (C=O) groups is 3. The maximum Gasteiger partial charge on any atom is 0.443 e. The molecule has 138 valence electrons. The molecule has 7 nitrogen and oxygen atoms in total. The fraction of sp³-hybridized carbons (Fsp3) is 0.571. The number of halogens is 3. The molecule has 0 bridgehead atoms. The number of thiazole rings is 1. The van der Waals surface area contributed by atoms with Gasteiger partial charge >= 0.3 is 12.1 Å². The number of hydrogen-bond acceptors (Lipinski definition) is 5. The average Bonchev–Trinajstić information content (AvgIpc) is 3.04. The lowest BCUT2D eigenvalue weighted by atomic mass is 9.98. The van der Waals surface area contributed by atoms with Crippen molar-refractivity contribution in [3.63, 3.8) is 0 Å². The summed E-state index contributed by atoms with van der Waals surface area (Å²) >= 11 is 0.308. The second-order valence-electron chi connectivity index (χ2n) is 5.71. The molecule has 2 amide bonds. The molecule has 1 atom stereocenters. The smallest absolute Gasteiger partial charge is 0.443 e. The molecular formula is C14H16F3N3O4S. The number of likely N-dealkylation sites (tertiary alicyclic amines) is 1. The van der Waals surface area contributed by atoms with Gasteiger partial charge in [0.15, 0.2) is 5.01 Å². The van der Waals surface area contributed by atoms with Crippen molar-refractivity contribution in [1.29, 1.82) is 0 Å². The van der Waals surface area contributed by atoms with Crippen molar-refractivity contribution in [2.75, 3.05) is 26.7 Å². The van der Waals surface area contributed by atoms with Gasteiger partial charge < -0.3 is 14.9 Å². The first kappa shape index (κ1) is 19.2. The zero-order valence-electron chi connectivity index (χ0n) is 13.2. The van der Waals surface area contributed by atoms with E-state index in [1.807, 2.05) is 0 Å². The molecule has 11 heteroatoms. The molecule has 1 saturated heterocycles. The molecule has 2 heterocycles. The highest BCUT2D eigenvalue weighted by Gasteiger charge is 2.36. The predicted molar refractivity (Wildman–Crippen MR) is 81.0 cm³/mol. The van der Waals surface area contributed by atoms with Gasteiger partial charge in [-0.15, -0.1) is 11.3 Å². The van der Waals surface area contributed by atoms with Gasteiger partial charge in [-0.1, -0.05) is 0 Å². The molecule has 1 aliphatic rings. The van der Waals surface area contributed by atoms with Gasteiger partial charge in [0.05, 0.1) is 12.5 Å². The number of aliphatic carboxylic acids is 1. The van der Waals surface area contributed by atoms with Crippen LogP contribution in [0.25, 0.3) is 0 Å². The van der Waals surface area contributed by atoms with Gasteiger partial charge in [-0.05, 0) is 12.8 Å². The average molecular weight is 379 g/mol. The summed E-state index contributed by atoms with van der Waals surface area (Å²) in [6.45, 7) is 0.0920. The van der Waals surface area contributed by atoms with E-state index in [1.165, 1.54) is 11.9 Å².